The van der Waals surface area contributed by atoms with Crippen LogP contribution in [0, 0.1) is 5.92 Å². The first-order chi connectivity index (χ1) is 6.75. The van der Waals surface area contributed by atoms with Crippen molar-refractivity contribution in [2.24, 2.45) is 11.7 Å². The van der Waals surface area contributed by atoms with Crippen molar-refractivity contribution in [3.8, 4) is 0 Å². The fourth-order valence-corrected chi connectivity index (χ4v) is 2.41. The maximum atomic E-state index is 6.04. The van der Waals surface area contributed by atoms with E-state index in [0.717, 1.165) is 19.6 Å². The minimum absolute atomic E-state index is 0.336. The van der Waals surface area contributed by atoms with Gasteiger partial charge in [0.15, 0.2) is 0 Å². The molecule has 0 spiro atoms. The van der Waals surface area contributed by atoms with Gasteiger partial charge in [-0.1, -0.05) is 6.92 Å². The highest BCUT2D eigenvalue weighted by Crippen LogP contribution is 2.17. The van der Waals surface area contributed by atoms with Crippen LogP contribution in [-0.2, 0) is 6.54 Å². The van der Waals surface area contributed by atoms with Crippen LogP contribution in [0.25, 0.3) is 0 Å². The van der Waals surface area contributed by atoms with Gasteiger partial charge in [0.1, 0.15) is 0 Å². The van der Waals surface area contributed by atoms with Gasteiger partial charge in [0, 0.05) is 24.5 Å². The molecule has 4 heteroatoms. The van der Waals surface area contributed by atoms with E-state index >= 15 is 0 Å². The molecule has 2 rings (SSSR count). The van der Waals surface area contributed by atoms with Crippen molar-refractivity contribution >= 4 is 11.3 Å². The summed E-state index contributed by atoms with van der Waals surface area (Å²) >= 11 is 1.66. The fraction of sp³-hybridized carbons (Fsp3) is 0.700. The van der Waals surface area contributed by atoms with Crippen LogP contribution >= 0.6 is 11.3 Å². The zero-order chi connectivity index (χ0) is 9.97. The Morgan fingerprint density at radius 3 is 3.21 bits per heavy atom. The highest BCUT2D eigenvalue weighted by molar-refractivity contribution is 7.07. The second-order valence-corrected chi connectivity index (χ2v) is 4.86. The maximum absolute atomic E-state index is 6.04. The van der Waals surface area contributed by atoms with Gasteiger partial charge in [0.25, 0.3) is 0 Å². The highest BCUT2D eigenvalue weighted by Gasteiger charge is 2.23. The third-order valence-corrected chi connectivity index (χ3v) is 3.60. The number of piperidine rings is 1. The lowest BCUT2D eigenvalue weighted by molar-refractivity contribution is 0.161. The molecular weight excluding hydrogens is 194 g/mol. The minimum Gasteiger partial charge on any atom is -0.326 e. The summed E-state index contributed by atoms with van der Waals surface area (Å²) in [5.41, 5.74) is 9.11. The van der Waals surface area contributed by atoms with Crippen LogP contribution < -0.4 is 5.73 Å². The first-order valence-electron chi connectivity index (χ1n) is 5.10. The van der Waals surface area contributed by atoms with Crippen LogP contribution in [0.2, 0.25) is 0 Å². The summed E-state index contributed by atoms with van der Waals surface area (Å²) in [6.45, 7) is 5.37. The van der Waals surface area contributed by atoms with Gasteiger partial charge in [-0.05, 0) is 18.9 Å². The molecule has 1 fully saturated rings. The Kier molecular flexibility index (Phi) is 3.15. The van der Waals surface area contributed by atoms with Crippen molar-refractivity contribution in [3.63, 3.8) is 0 Å². The SMILES string of the molecule is CC1CCN(Cc2cscn2)CC1N. The molecule has 78 valence electrons. The summed E-state index contributed by atoms with van der Waals surface area (Å²) in [4.78, 5) is 6.69. The monoisotopic (exact) mass is 211 g/mol. The van der Waals surface area contributed by atoms with Crippen LogP contribution in [0.15, 0.2) is 10.9 Å². The van der Waals surface area contributed by atoms with Gasteiger partial charge in [0.05, 0.1) is 11.2 Å². The molecule has 2 heterocycles. The van der Waals surface area contributed by atoms with Gasteiger partial charge in [-0.15, -0.1) is 11.3 Å². The molecule has 2 unspecified atom stereocenters. The van der Waals surface area contributed by atoms with Crippen LogP contribution in [0.1, 0.15) is 19.0 Å². The third-order valence-electron chi connectivity index (χ3n) is 2.97. The molecule has 2 N–H and O–H groups in total. The van der Waals surface area contributed by atoms with Gasteiger partial charge < -0.3 is 5.73 Å². The number of likely N-dealkylation sites (tertiary alicyclic amines) is 1. The van der Waals surface area contributed by atoms with Crippen LogP contribution in [0.5, 0.6) is 0 Å². The Labute approximate surface area is 88.9 Å². The number of aromatic nitrogens is 1. The Hall–Kier alpha value is -0.450. The average Bonchev–Trinajstić information content (AvgIpc) is 2.64. The lowest BCUT2D eigenvalue weighted by Gasteiger charge is -2.34. The van der Waals surface area contributed by atoms with E-state index in [-0.39, 0.29) is 0 Å². The van der Waals surface area contributed by atoms with E-state index in [9.17, 15) is 0 Å². The summed E-state index contributed by atoms with van der Waals surface area (Å²) in [5.74, 6) is 0.668. The fourth-order valence-electron chi connectivity index (χ4n) is 1.86. The van der Waals surface area contributed by atoms with Gasteiger partial charge in [-0.2, -0.15) is 0 Å². The number of rotatable bonds is 2. The van der Waals surface area contributed by atoms with Crippen molar-refractivity contribution < 1.29 is 0 Å². The molecule has 1 aliphatic rings. The summed E-state index contributed by atoms with van der Waals surface area (Å²) in [7, 11) is 0. The molecule has 0 radical (unpaired) electrons. The van der Waals surface area contributed by atoms with E-state index < -0.39 is 0 Å². The highest BCUT2D eigenvalue weighted by atomic mass is 32.1. The molecule has 0 aromatic carbocycles. The second-order valence-electron chi connectivity index (χ2n) is 4.14. The third kappa shape index (κ3) is 2.32. The Balaban J connectivity index is 1.88. The topological polar surface area (TPSA) is 42.2 Å². The molecule has 1 aliphatic heterocycles. The molecular formula is C10H17N3S. The van der Waals surface area contributed by atoms with E-state index in [1.54, 1.807) is 11.3 Å². The summed E-state index contributed by atoms with van der Waals surface area (Å²) in [5, 5.41) is 2.11. The number of nitrogens with two attached hydrogens (primary N) is 1. The molecule has 0 saturated carbocycles. The minimum atomic E-state index is 0.336. The standard InChI is InChI=1S/C10H17N3S/c1-8-2-3-13(5-10(8)11)4-9-6-14-7-12-9/h6-8,10H,2-5,11H2,1H3. The average molecular weight is 211 g/mol. The quantitative estimate of drug-likeness (QED) is 0.802. The maximum Gasteiger partial charge on any atom is 0.0795 e. The molecule has 3 nitrogen and oxygen atoms in total. The first kappa shape index (κ1) is 10.1. The molecule has 2 atom stereocenters. The van der Waals surface area contributed by atoms with E-state index in [4.69, 9.17) is 5.73 Å². The van der Waals surface area contributed by atoms with Gasteiger partial charge in [-0.25, -0.2) is 4.98 Å². The van der Waals surface area contributed by atoms with Crippen LogP contribution in [0.3, 0.4) is 0 Å². The molecule has 1 aromatic heterocycles. The number of nitrogens with zero attached hydrogens (tertiary/aromatic N) is 2. The zero-order valence-electron chi connectivity index (χ0n) is 8.52. The number of thiazole rings is 1. The summed E-state index contributed by atoms with van der Waals surface area (Å²) in [6, 6.07) is 0.336. The van der Waals surface area contributed by atoms with E-state index in [1.165, 1.54) is 12.1 Å². The predicted molar refractivity (Wildman–Crippen MR) is 59.1 cm³/mol. The molecule has 0 amide bonds. The molecule has 0 aliphatic carbocycles. The van der Waals surface area contributed by atoms with Crippen molar-refractivity contribution in [3.05, 3.63) is 16.6 Å². The Morgan fingerprint density at radius 1 is 1.71 bits per heavy atom. The summed E-state index contributed by atoms with van der Waals surface area (Å²) < 4.78 is 0. The van der Waals surface area contributed by atoms with E-state index in [1.807, 2.05) is 5.51 Å². The van der Waals surface area contributed by atoms with Gasteiger partial charge >= 0.3 is 0 Å². The Bertz CT molecular complexity index is 273. The van der Waals surface area contributed by atoms with Crippen molar-refractivity contribution in [1.82, 2.24) is 9.88 Å². The van der Waals surface area contributed by atoms with Crippen molar-refractivity contribution in [2.75, 3.05) is 13.1 Å². The van der Waals surface area contributed by atoms with Gasteiger partial charge in [-0.3, -0.25) is 4.90 Å². The number of hydrogen-bond donors (Lipinski definition) is 1. The van der Waals surface area contributed by atoms with Crippen molar-refractivity contribution in [2.45, 2.75) is 25.9 Å². The van der Waals surface area contributed by atoms with Gasteiger partial charge in [0.2, 0.25) is 0 Å². The van der Waals surface area contributed by atoms with E-state index in [0.29, 0.717) is 12.0 Å². The normalized spacial score (nSPS) is 29.3. The van der Waals surface area contributed by atoms with E-state index in [2.05, 4.69) is 22.2 Å². The molecule has 1 aromatic rings. The predicted octanol–water partition coefficient (Wildman–Crippen LogP) is 1.31. The molecule has 1 saturated heterocycles. The molecule has 0 bridgehead atoms. The first-order valence-corrected chi connectivity index (χ1v) is 6.05. The lowest BCUT2D eigenvalue weighted by Crippen LogP contribution is -2.47. The summed E-state index contributed by atoms with van der Waals surface area (Å²) in [6.07, 6.45) is 1.21. The second kappa shape index (κ2) is 4.38. The zero-order valence-corrected chi connectivity index (χ0v) is 9.33. The largest absolute Gasteiger partial charge is 0.326 e. The number of hydrogen-bond acceptors (Lipinski definition) is 4. The smallest absolute Gasteiger partial charge is 0.0795 e. The van der Waals surface area contributed by atoms with Crippen LogP contribution in [0.4, 0.5) is 0 Å². The van der Waals surface area contributed by atoms with Crippen LogP contribution in [-0.4, -0.2) is 29.0 Å². The lowest BCUT2D eigenvalue weighted by atomic mass is 9.94. The van der Waals surface area contributed by atoms with Crippen molar-refractivity contribution in [1.29, 1.82) is 0 Å². The Morgan fingerprint density at radius 2 is 2.57 bits per heavy atom. The molecule has 14 heavy (non-hydrogen) atoms.